The van der Waals surface area contributed by atoms with Crippen LogP contribution in [0.5, 0.6) is 0 Å². The van der Waals surface area contributed by atoms with E-state index in [-0.39, 0.29) is 0 Å². The number of piperazine rings is 1. The van der Waals surface area contributed by atoms with Crippen LogP contribution >= 0.6 is 0 Å². The zero-order chi connectivity index (χ0) is 17.1. The maximum absolute atomic E-state index is 12.5. The van der Waals surface area contributed by atoms with Gasteiger partial charge in [-0.05, 0) is 24.8 Å². The van der Waals surface area contributed by atoms with E-state index < -0.39 is 0 Å². The molecule has 0 aromatic carbocycles. The van der Waals surface area contributed by atoms with Crippen LogP contribution in [0.15, 0.2) is 30.9 Å². The lowest BCUT2D eigenvalue weighted by Gasteiger charge is -2.35. The van der Waals surface area contributed by atoms with Crippen LogP contribution < -0.4 is 4.90 Å². The van der Waals surface area contributed by atoms with Gasteiger partial charge in [-0.2, -0.15) is 5.10 Å². The van der Waals surface area contributed by atoms with Gasteiger partial charge in [-0.3, -0.25) is 4.79 Å². The second-order valence-corrected chi connectivity index (χ2v) is 6.91. The number of nitrogens with zero attached hydrogens (tertiary/aromatic N) is 6. The van der Waals surface area contributed by atoms with Gasteiger partial charge >= 0.3 is 0 Å². The number of anilines is 1. The van der Waals surface area contributed by atoms with Crippen LogP contribution in [0.3, 0.4) is 0 Å². The largest absolute Gasteiger partial charge is 0.353 e. The predicted molar refractivity (Wildman–Crippen MR) is 94.5 cm³/mol. The molecule has 1 saturated carbocycles. The molecule has 7 heteroatoms. The number of hydrogen-bond donors (Lipinski definition) is 0. The van der Waals surface area contributed by atoms with Gasteiger partial charge in [0.15, 0.2) is 5.82 Å². The number of carbonyl (C=O) groups excluding carboxylic acids is 1. The summed E-state index contributed by atoms with van der Waals surface area (Å²) in [4.78, 5) is 25.4. The summed E-state index contributed by atoms with van der Waals surface area (Å²) in [6.45, 7) is 3.16. The van der Waals surface area contributed by atoms with Gasteiger partial charge in [0.2, 0.25) is 5.91 Å². The first-order valence-electron chi connectivity index (χ1n) is 9.14. The lowest BCUT2D eigenvalue weighted by molar-refractivity contribution is -0.132. The van der Waals surface area contributed by atoms with Crippen molar-refractivity contribution < 1.29 is 4.79 Å². The molecule has 0 spiro atoms. The molecule has 132 valence electrons. The molecule has 2 aliphatic rings. The van der Waals surface area contributed by atoms with Crippen molar-refractivity contribution in [2.75, 3.05) is 31.1 Å². The minimum Gasteiger partial charge on any atom is -0.353 e. The highest BCUT2D eigenvalue weighted by molar-refractivity contribution is 5.76. The Balaban J connectivity index is 1.35. The molecule has 1 amide bonds. The maximum Gasteiger partial charge on any atom is 0.222 e. The molecule has 0 unspecified atom stereocenters. The van der Waals surface area contributed by atoms with Crippen molar-refractivity contribution in [2.45, 2.75) is 32.1 Å². The zero-order valence-corrected chi connectivity index (χ0v) is 14.4. The standard InChI is InChI=1S/C18H24N6O/c25-18(12-15-4-1-2-5-15)23-10-8-22(9-11-23)16-13-17(20-14-19-16)24-7-3-6-21-24/h3,6-7,13-15H,1-2,4-5,8-12H2. The van der Waals surface area contributed by atoms with Crippen LogP contribution in [0.1, 0.15) is 32.1 Å². The molecular formula is C18H24N6O. The monoisotopic (exact) mass is 340 g/mol. The number of rotatable bonds is 4. The SMILES string of the molecule is O=C(CC1CCCC1)N1CCN(c2cc(-n3cccn3)ncn2)CC1. The van der Waals surface area contributed by atoms with Crippen molar-refractivity contribution in [3.05, 3.63) is 30.9 Å². The lowest BCUT2D eigenvalue weighted by Crippen LogP contribution is -2.49. The van der Waals surface area contributed by atoms with Crippen molar-refractivity contribution in [3.8, 4) is 5.82 Å². The molecule has 1 aliphatic heterocycles. The Morgan fingerprint density at radius 3 is 2.56 bits per heavy atom. The van der Waals surface area contributed by atoms with E-state index >= 15 is 0 Å². The Bertz CT molecular complexity index is 702. The smallest absolute Gasteiger partial charge is 0.222 e. The van der Waals surface area contributed by atoms with Gasteiger partial charge in [0.1, 0.15) is 12.1 Å². The van der Waals surface area contributed by atoms with Gasteiger partial charge < -0.3 is 9.80 Å². The third-order valence-corrected chi connectivity index (χ3v) is 5.27. The normalized spacial score (nSPS) is 18.7. The van der Waals surface area contributed by atoms with Crippen LogP contribution in [0, 0.1) is 5.92 Å². The Morgan fingerprint density at radius 2 is 1.84 bits per heavy atom. The van der Waals surface area contributed by atoms with Crippen LogP contribution in [0.4, 0.5) is 5.82 Å². The van der Waals surface area contributed by atoms with Crippen LogP contribution in [-0.2, 0) is 4.79 Å². The number of amides is 1. The van der Waals surface area contributed by atoms with Gasteiger partial charge in [0.05, 0.1) is 0 Å². The van der Waals surface area contributed by atoms with E-state index in [9.17, 15) is 4.79 Å². The summed E-state index contributed by atoms with van der Waals surface area (Å²) < 4.78 is 1.73. The molecule has 1 saturated heterocycles. The average Bonchev–Trinajstić information content (AvgIpc) is 3.36. The van der Waals surface area contributed by atoms with E-state index in [0.29, 0.717) is 11.8 Å². The predicted octanol–water partition coefficient (Wildman–Crippen LogP) is 1.89. The molecule has 0 atom stereocenters. The minimum atomic E-state index is 0.325. The molecule has 3 heterocycles. The highest BCUT2D eigenvalue weighted by Crippen LogP contribution is 2.28. The van der Waals surface area contributed by atoms with Crippen LogP contribution in [-0.4, -0.2) is 56.7 Å². The molecule has 4 rings (SSSR count). The van der Waals surface area contributed by atoms with Crippen molar-refractivity contribution >= 4 is 11.7 Å². The van der Waals surface area contributed by atoms with Gasteiger partial charge in [0, 0.05) is 51.1 Å². The van der Waals surface area contributed by atoms with Crippen molar-refractivity contribution in [1.82, 2.24) is 24.6 Å². The Labute approximate surface area is 147 Å². The van der Waals surface area contributed by atoms with Gasteiger partial charge in [-0.15, -0.1) is 0 Å². The summed E-state index contributed by atoms with van der Waals surface area (Å²) in [5.74, 6) is 2.59. The fourth-order valence-electron chi connectivity index (χ4n) is 3.82. The number of hydrogen-bond acceptors (Lipinski definition) is 5. The highest BCUT2D eigenvalue weighted by atomic mass is 16.2. The average molecular weight is 340 g/mol. The molecule has 7 nitrogen and oxygen atoms in total. The Morgan fingerprint density at radius 1 is 1.08 bits per heavy atom. The third-order valence-electron chi connectivity index (χ3n) is 5.27. The second kappa shape index (κ2) is 7.21. The van der Waals surface area contributed by atoms with Crippen LogP contribution in [0.2, 0.25) is 0 Å². The summed E-state index contributed by atoms with van der Waals surface area (Å²) in [7, 11) is 0. The molecule has 0 bridgehead atoms. The lowest BCUT2D eigenvalue weighted by atomic mass is 10.0. The minimum absolute atomic E-state index is 0.325. The first-order valence-corrected chi connectivity index (χ1v) is 9.14. The summed E-state index contributed by atoms with van der Waals surface area (Å²) in [5.41, 5.74) is 0. The van der Waals surface area contributed by atoms with E-state index in [1.807, 2.05) is 23.2 Å². The fraction of sp³-hybridized carbons (Fsp3) is 0.556. The Kier molecular flexibility index (Phi) is 4.63. The number of carbonyl (C=O) groups is 1. The third kappa shape index (κ3) is 3.65. The molecule has 2 fully saturated rings. The fourth-order valence-corrected chi connectivity index (χ4v) is 3.82. The van der Waals surface area contributed by atoms with E-state index in [2.05, 4.69) is 20.0 Å². The molecule has 2 aromatic heterocycles. The van der Waals surface area contributed by atoms with Crippen molar-refractivity contribution in [3.63, 3.8) is 0 Å². The van der Waals surface area contributed by atoms with Gasteiger partial charge in [-0.1, -0.05) is 12.8 Å². The van der Waals surface area contributed by atoms with Crippen LogP contribution in [0.25, 0.3) is 5.82 Å². The van der Waals surface area contributed by atoms with E-state index in [4.69, 9.17) is 0 Å². The van der Waals surface area contributed by atoms with Crippen molar-refractivity contribution in [1.29, 1.82) is 0 Å². The number of aromatic nitrogens is 4. The van der Waals surface area contributed by atoms with Gasteiger partial charge in [0.25, 0.3) is 0 Å². The Hall–Kier alpha value is -2.44. The van der Waals surface area contributed by atoms with E-state index in [0.717, 1.165) is 44.2 Å². The first-order chi connectivity index (χ1) is 12.3. The zero-order valence-electron chi connectivity index (χ0n) is 14.4. The summed E-state index contributed by atoms with van der Waals surface area (Å²) in [6.07, 6.45) is 10.9. The maximum atomic E-state index is 12.5. The molecular weight excluding hydrogens is 316 g/mol. The van der Waals surface area contributed by atoms with E-state index in [1.54, 1.807) is 17.2 Å². The molecule has 2 aromatic rings. The molecule has 1 aliphatic carbocycles. The molecule has 0 radical (unpaired) electrons. The summed E-state index contributed by atoms with van der Waals surface area (Å²) in [5, 5.41) is 4.21. The quantitative estimate of drug-likeness (QED) is 0.850. The molecule has 0 N–H and O–H groups in total. The second-order valence-electron chi connectivity index (χ2n) is 6.91. The first kappa shape index (κ1) is 16.1. The highest BCUT2D eigenvalue weighted by Gasteiger charge is 2.25. The molecule has 25 heavy (non-hydrogen) atoms. The summed E-state index contributed by atoms with van der Waals surface area (Å²) in [6, 6.07) is 3.82. The summed E-state index contributed by atoms with van der Waals surface area (Å²) >= 11 is 0. The topological polar surface area (TPSA) is 67.2 Å². The van der Waals surface area contributed by atoms with Gasteiger partial charge in [-0.25, -0.2) is 14.6 Å². The van der Waals surface area contributed by atoms with Crippen molar-refractivity contribution in [2.24, 2.45) is 5.92 Å². The van der Waals surface area contributed by atoms with E-state index in [1.165, 1.54) is 25.7 Å².